The van der Waals surface area contributed by atoms with Gasteiger partial charge in [-0.05, 0) is 45.3 Å². The molecule has 1 N–H and O–H groups in total. The molecule has 1 aliphatic rings. The highest BCUT2D eigenvalue weighted by Gasteiger charge is 2.26. The SMILES string of the molecule is CC1CCCC(C)N1c1ccc(/C=C/C(=O)O)o1. The third kappa shape index (κ3) is 2.75. The van der Waals surface area contributed by atoms with Crippen molar-refractivity contribution in [2.24, 2.45) is 0 Å². The minimum absolute atomic E-state index is 0.469. The maximum Gasteiger partial charge on any atom is 0.328 e. The van der Waals surface area contributed by atoms with Gasteiger partial charge in [0, 0.05) is 24.2 Å². The van der Waals surface area contributed by atoms with E-state index in [-0.39, 0.29) is 0 Å². The summed E-state index contributed by atoms with van der Waals surface area (Å²) in [5.74, 6) is 0.449. The number of rotatable bonds is 3. The van der Waals surface area contributed by atoms with Crippen LogP contribution in [0.5, 0.6) is 0 Å². The van der Waals surface area contributed by atoms with Crippen LogP contribution in [0.2, 0.25) is 0 Å². The van der Waals surface area contributed by atoms with Crippen LogP contribution in [-0.2, 0) is 4.79 Å². The van der Waals surface area contributed by atoms with E-state index in [2.05, 4.69) is 18.7 Å². The van der Waals surface area contributed by atoms with E-state index in [1.807, 2.05) is 12.1 Å². The largest absolute Gasteiger partial charge is 0.478 e. The van der Waals surface area contributed by atoms with Crippen LogP contribution >= 0.6 is 0 Å². The lowest BCUT2D eigenvalue weighted by atomic mass is 9.98. The van der Waals surface area contributed by atoms with Gasteiger partial charge in [-0.2, -0.15) is 0 Å². The molecule has 0 amide bonds. The van der Waals surface area contributed by atoms with Crippen molar-refractivity contribution in [3.63, 3.8) is 0 Å². The first kappa shape index (κ1) is 12.7. The van der Waals surface area contributed by atoms with Gasteiger partial charge in [0.2, 0.25) is 0 Å². The predicted octanol–water partition coefficient (Wildman–Crippen LogP) is 3.14. The van der Waals surface area contributed by atoms with Crippen LogP contribution in [0.3, 0.4) is 0 Å². The molecule has 0 spiro atoms. The number of piperidine rings is 1. The van der Waals surface area contributed by atoms with Crippen LogP contribution in [-0.4, -0.2) is 23.2 Å². The fourth-order valence-electron chi connectivity index (χ4n) is 2.58. The molecule has 2 atom stereocenters. The van der Waals surface area contributed by atoms with E-state index >= 15 is 0 Å². The van der Waals surface area contributed by atoms with E-state index in [4.69, 9.17) is 9.52 Å². The second-order valence-electron chi connectivity index (χ2n) is 4.88. The summed E-state index contributed by atoms with van der Waals surface area (Å²) in [5.41, 5.74) is 0. The molecule has 0 aliphatic carbocycles. The molecule has 0 saturated carbocycles. The number of carbonyl (C=O) groups is 1. The Hall–Kier alpha value is -1.71. The standard InChI is InChI=1S/C14H19NO3/c1-10-4-3-5-11(2)15(10)13-8-6-12(18-13)7-9-14(16)17/h6-11H,3-5H2,1-2H3,(H,16,17)/b9-7+. The highest BCUT2D eigenvalue weighted by Crippen LogP contribution is 2.30. The third-order valence-corrected chi connectivity index (χ3v) is 3.45. The summed E-state index contributed by atoms with van der Waals surface area (Å²) in [5, 5.41) is 8.58. The summed E-state index contributed by atoms with van der Waals surface area (Å²) >= 11 is 0. The molecule has 2 rings (SSSR count). The second-order valence-corrected chi connectivity index (χ2v) is 4.88. The normalized spacial score (nSPS) is 24.7. The molecular formula is C14H19NO3. The Morgan fingerprint density at radius 2 is 2.06 bits per heavy atom. The highest BCUT2D eigenvalue weighted by atomic mass is 16.4. The zero-order valence-corrected chi connectivity index (χ0v) is 10.8. The number of hydrogen-bond acceptors (Lipinski definition) is 3. The van der Waals surface area contributed by atoms with E-state index in [1.165, 1.54) is 25.3 Å². The molecule has 1 fully saturated rings. The lowest BCUT2D eigenvalue weighted by Crippen LogP contribution is -2.43. The fraction of sp³-hybridized carbons (Fsp3) is 0.500. The second kappa shape index (κ2) is 5.29. The molecule has 18 heavy (non-hydrogen) atoms. The van der Waals surface area contributed by atoms with Gasteiger partial charge in [0.15, 0.2) is 5.88 Å². The van der Waals surface area contributed by atoms with Gasteiger partial charge in [-0.25, -0.2) is 4.79 Å². The third-order valence-electron chi connectivity index (χ3n) is 3.45. The molecule has 1 aliphatic heterocycles. The zero-order valence-electron chi connectivity index (χ0n) is 10.8. The zero-order chi connectivity index (χ0) is 13.1. The van der Waals surface area contributed by atoms with E-state index in [0.717, 1.165) is 12.0 Å². The van der Waals surface area contributed by atoms with E-state index in [1.54, 1.807) is 0 Å². The van der Waals surface area contributed by atoms with Crippen LogP contribution in [0.4, 0.5) is 5.88 Å². The smallest absolute Gasteiger partial charge is 0.328 e. The van der Waals surface area contributed by atoms with Crippen molar-refractivity contribution in [3.8, 4) is 0 Å². The molecule has 4 nitrogen and oxygen atoms in total. The van der Waals surface area contributed by atoms with E-state index < -0.39 is 5.97 Å². The van der Waals surface area contributed by atoms with Gasteiger partial charge in [-0.15, -0.1) is 0 Å². The molecule has 98 valence electrons. The van der Waals surface area contributed by atoms with Crippen LogP contribution < -0.4 is 4.90 Å². The summed E-state index contributed by atoms with van der Waals surface area (Å²) in [7, 11) is 0. The molecule has 0 bridgehead atoms. The van der Waals surface area contributed by atoms with Crippen LogP contribution in [0.15, 0.2) is 22.6 Å². The van der Waals surface area contributed by atoms with Gasteiger partial charge in [0.1, 0.15) is 5.76 Å². The first-order chi connectivity index (χ1) is 8.58. The lowest BCUT2D eigenvalue weighted by Gasteiger charge is -2.38. The number of anilines is 1. The average Bonchev–Trinajstić information content (AvgIpc) is 2.75. The first-order valence-electron chi connectivity index (χ1n) is 6.37. The van der Waals surface area contributed by atoms with Gasteiger partial charge < -0.3 is 14.4 Å². The van der Waals surface area contributed by atoms with Crippen LogP contribution in [0, 0.1) is 0 Å². The fourth-order valence-corrected chi connectivity index (χ4v) is 2.58. The molecule has 1 saturated heterocycles. The minimum Gasteiger partial charge on any atom is -0.478 e. The number of carboxylic acid groups (broad SMARTS) is 1. The van der Waals surface area contributed by atoms with Crippen LogP contribution in [0.1, 0.15) is 38.9 Å². The topological polar surface area (TPSA) is 53.7 Å². The quantitative estimate of drug-likeness (QED) is 0.836. The Balaban J connectivity index is 2.15. The molecule has 1 aromatic heterocycles. The molecule has 4 heteroatoms. The number of nitrogens with zero attached hydrogens (tertiary/aromatic N) is 1. The Labute approximate surface area is 107 Å². The van der Waals surface area contributed by atoms with E-state index in [9.17, 15) is 4.79 Å². The van der Waals surface area contributed by atoms with Gasteiger partial charge in [0.05, 0.1) is 0 Å². The number of furan rings is 1. The summed E-state index contributed by atoms with van der Waals surface area (Å²) in [4.78, 5) is 12.7. The Bertz CT molecular complexity index is 440. The Morgan fingerprint density at radius 1 is 1.39 bits per heavy atom. The molecular weight excluding hydrogens is 230 g/mol. The van der Waals surface area contributed by atoms with Gasteiger partial charge in [0.25, 0.3) is 0 Å². The Kier molecular flexibility index (Phi) is 3.75. The number of carboxylic acids is 1. The van der Waals surface area contributed by atoms with Crippen molar-refractivity contribution >= 4 is 17.9 Å². The lowest BCUT2D eigenvalue weighted by molar-refractivity contribution is -0.131. The molecule has 2 heterocycles. The molecule has 0 aromatic carbocycles. The van der Waals surface area contributed by atoms with Crippen LogP contribution in [0.25, 0.3) is 6.08 Å². The minimum atomic E-state index is -0.965. The van der Waals surface area contributed by atoms with Crippen molar-refractivity contribution in [1.82, 2.24) is 0 Å². The Morgan fingerprint density at radius 3 is 2.67 bits per heavy atom. The van der Waals surface area contributed by atoms with E-state index in [0.29, 0.717) is 17.8 Å². The molecule has 2 unspecified atom stereocenters. The van der Waals surface area contributed by atoms with Gasteiger partial charge in [-0.1, -0.05) is 0 Å². The van der Waals surface area contributed by atoms with Gasteiger partial charge >= 0.3 is 5.97 Å². The molecule has 1 aromatic rings. The van der Waals surface area contributed by atoms with Crippen molar-refractivity contribution in [2.75, 3.05) is 4.90 Å². The molecule has 0 radical (unpaired) electrons. The summed E-state index contributed by atoms with van der Waals surface area (Å²) in [6.45, 7) is 4.40. The number of hydrogen-bond donors (Lipinski definition) is 1. The first-order valence-corrected chi connectivity index (χ1v) is 6.37. The average molecular weight is 249 g/mol. The van der Waals surface area contributed by atoms with Crippen molar-refractivity contribution < 1.29 is 14.3 Å². The van der Waals surface area contributed by atoms with Crippen molar-refractivity contribution in [2.45, 2.75) is 45.2 Å². The highest BCUT2D eigenvalue weighted by molar-refractivity contribution is 5.84. The maximum absolute atomic E-state index is 10.4. The predicted molar refractivity (Wildman–Crippen MR) is 70.6 cm³/mol. The summed E-state index contributed by atoms with van der Waals surface area (Å²) < 4.78 is 5.69. The monoisotopic (exact) mass is 249 g/mol. The number of aliphatic carboxylic acids is 1. The van der Waals surface area contributed by atoms with Gasteiger partial charge in [-0.3, -0.25) is 0 Å². The summed E-state index contributed by atoms with van der Waals surface area (Å²) in [6.07, 6.45) is 6.17. The van der Waals surface area contributed by atoms with Crippen molar-refractivity contribution in [3.05, 3.63) is 24.0 Å². The van der Waals surface area contributed by atoms with Crippen molar-refractivity contribution in [1.29, 1.82) is 0 Å². The maximum atomic E-state index is 10.4. The summed E-state index contributed by atoms with van der Waals surface area (Å²) in [6, 6.07) is 4.66.